The molecule has 0 atom stereocenters. The molecule has 3 heteroatoms. The summed E-state index contributed by atoms with van der Waals surface area (Å²) < 4.78 is 2.02. The van der Waals surface area contributed by atoms with Crippen molar-refractivity contribution in [1.82, 2.24) is 9.78 Å². The fourth-order valence-corrected chi connectivity index (χ4v) is 2.59. The Kier molecular flexibility index (Phi) is 3.28. The van der Waals surface area contributed by atoms with Gasteiger partial charge in [-0.15, -0.1) is 0 Å². The van der Waals surface area contributed by atoms with E-state index >= 15 is 0 Å². The van der Waals surface area contributed by atoms with Crippen LogP contribution in [0.3, 0.4) is 0 Å². The molecular formula is C16H21N3. The molecule has 0 radical (unpaired) electrons. The average Bonchev–Trinajstić information content (AvgIpc) is 2.87. The number of aromatic nitrogens is 2. The molecule has 3 rings (SSSR count). The van der Waals surface area contributed by atoms with E-state index in [0.717, 1.165) is 18.7 Å². The van der Waals surface area contributed by atoms with E-state index in [2.05, 4.69) is 54.7 Å². The SMILES string of the molecule is CC(C)n1ccc(Cc2ccc3c(c2)NCCC3)n1. The van der Waals surface area contributed by atoms with E-state index in [1.54, 1.807) is 0 Å². The molecule has 0 bridgehead atoms. The van der Waals surface area contributed by atoms with Crippen molar-refractivity contribution in [1.29, 1.82) is 0 Å². The van der Waals surface area contributed by atoms with Gasteiger partial charge in [-0.3, -0.25) is 4.68 Å². The topological polar surface area (TPSA) is 29.9 Å². The second-order valence-electron chi connectivity index (χ2n) is 5.58. The predicted octanol–water partition coefficient (Wildman–Crippen LogP) is 3.41. The van der Waals surface area contributed by atoms with E-state index < -0.39 is 0 Å². The highest BCUT2D eigenvalue weighted by Crippen LogP contribution is 2.24. The lowest BCUT2D eigenvalue weighted by atomic mass is 9.99. The smallest absolute Gasteiger partial charge is 0.0668 e. The normalized spacial score (nSPS) is 14.3. The summed E-state index contributed by atoms with van der Waals surface area (Å²) in [4.78, 5) is 0. The van der Waals surface area contributed by atoms with Gasteiger partial charge in [0.2, 0.25) is 0 Å². The molecule has 1 N–H and O–H groups in total. The van der Waals surface area contributed by atoms with E-state index in [1.165, 1.54) is 29.7 Å². The Labute approximate surface area is 114 Å². The van der Waals surface area contributed by atoms with Crippen LogP contribution in [0.5, 0.6) is 0 Å². The quantitative estimate of drug-likeness (QED) is 0.910. The van der Waals surface area contributed by atoms with Gasteiger partial charge in [-0.2, -0.15) is 5.10 Å². The first-order valence-corrected chi connectivity index (χ1v) is 7.12. The van der Waals surface area contributed by atoms with E-state index in [1.807, 2.05) is 4.68 Å². The van der Waals surface area contributed by atoms with Crippen molar-refractivity contribution in [2.75, 3.05) is 11.9 Å². The summed E-state index contributed by atoms with van der Waals surface area (Å²) in [6, 6.07) is 9.32. The van der Waals surface area contributed by atoms with Gasteiger partial charge in [-0.1, -0.05) is 12.1 Å². The van der Waals surface area contributed by atoms with Crippen molar-refractivity contribution in [2.24, 2.45) is 0 Å². The van der Waals surface area contributed by atoms with Crippen LogP contribution in [-0.4, -0.2) is 16.3 Å². The molecular weight excluding hydrogens is 234 g/mol. The summed E-state index contributed by atoms with van der Waals surface area (Å²) in [5.74, 6) is 0. The molecule has 1 aliphatic heterocycles. The van der Waals surface area contributed by atoms with Crippen LogP contribution < -0.4 is 5.32 Å². The number of benzene rings is 1. The maximum atomic E-state index is 4.61. The summed E-state index contributed by atoms with van der Waals surface area (Å²) in [5, 5.41) is 8.10. The summed E-state index contributed by atoms with van der Waals surface area (Å²) in [6.07, 6.45) is 5.42. The molecule has 19 heavy (non-hydrogen) atoms. The lowest BCUT2D eigenvalue weighted by Crippen LogP contribution is -2.11. The number of hydrogen-bond acceptors (Lipinski definition) is 2. The minimum atomic E-state index is 0.430. The minimum absolute atomic E-state index is 0.430. The Balaban J connectivity index is 1.78. The van der Waals surface area contributed by atoms with Crippen molar-refractivity contribution in [3.63, 3.8) is 0 Å². The zero-order valence-corrected chi connectivity index (χ0v) is 11.7. The highest BCUT2D eigenvalue weighted by Gasteiger charge is 2.10. The summed E-state index contributed by atoms with van der Waals surface area (Å²) in [7, 11) is 0. The van der Waals surface area contributed by atoms with E-state index in [9.17, 15) is 0 Å². The predicted molar refractivity (Wildman–Crippen MR) is 78.7 cm³/mol. The molecule has 1 aliphatic rings. The summed E-state index contributed by atoms with van der Waals surface area (Å²) in [6.45, 7) is 5.40. The van der Waals surface area contributed by atoms with Gasteiger partial charge in [0, 0.05) is 30.9 Å². The first-order chi connectivity index (χ1) is 9.22. The third-order valence-electron chi connectivity index (χ3n) is 3.69. The van der Waals surface area contributed by atoms with Crippen LogP contribution in [-0.2, 0) is 12.8 Å². The number of nitrogens with one attached hydrogen (secondary N) is 1. The Morgan fingerprint density at radius 3 is 3.00 bits per heavy atom. The van der Waals surface area contributed by atoms with Gasteiger partial charge in [0.1, 0.15) is 0 Å². The van der Waals surface area contributed by atoms with Gasteiger partial charge in [0.15, 0.2) is 0 Å². The van der Waals surface area contributed by atoms with Crippen LogP contribution in [0.1, 0.15) is 43.1 Å². The Hall–Kier alpha value is -1.77. The first-order valence-electron chi connectivity index (χ1n) is 7.12. The second kappa shape index (κ2) is 5.08. The number of aryl methyl sites for hydroxylation is 1. The maximum Gasteiger partial charge on any atom is 0.0668 e. The highest BCUT2D eigenvalue weighted by molar-refractivity contribution is 5.55. The van der Waals surface area contributed by atoms with E-state index in [-0.39, 0.29) is 0 Å². The molecule has 0 saturated carbocycles. The Bertz CT molecular complexity index is 569. The molecule has 2 heterocycles. The van der Waals surface area contributed by atoms with Gasteiger partial charge < -0.3 is 5.32 Å². The van der Waals surface area contributed by atoms with Gasteiger partial charge in [0.05, 0.1) is 5.69 Å². The maximum absolute atomic E-state index is 4.61. The van der Waals surface area contributed by atoms with Crippen molar-refractivity contribution in [2.45, 2.75) is 39.2 Å². The molecule has 2 aromatic rings. The monoisotopic (exact) mass is 255 g/mol. The van der Waals surface area contributed by atoms with Crippen LogP contribution in [0.4, 0.5) is 5.69 Å². The number of hydrogen-bond donors (Lipinski definition) is 1. The molecule has 3 nitrogen and oxygen atoms in total. The van der Waals surface area contributed by atoms with Crippen LogP contribution in [0.25, 0.3) is 0 Å². The zero-order chi connectivity index (χ0) is 13.2. The third-order valence-corrected chi connectivity index (χ3v) is 3.69. The number of nitrogens with zero attached hydrogens (tertiary/aromatic N) is 2. The fraction of sp³-hybridized carbons (Fsp3) is 0.438. The zero-order valence-electron chi connectivity index (χ0n) is 11.7. The van der Waals surface area contributed by atoms with E-state index in [4.69, 9.17) is 0 Å². The number of fused-ring (bicyclic) bond motifs is 1. The highest BCUT2D eigenvalue weighted by atomic mass is 15.3. The standard InChI is InChI=1S/C16H21N3/c1-12(2)19-9-7-15(18-19)10-13-5-6-14-4-3-8-17-16(14)11-13/h5-7,9,11-12,17H,3-4,8,10H2,1-2H3. The molecule has 1 aromatic heterocycles. The van der Waals surface area contributed by atoms with Crippen molar-refractivity contribution >= 4 is 5.69 Å². The molecule has 0 aliphatic carbocycles. The summed E-state index contributed by atoms with van der Waals surface area (Å²) >= 11 is 0. The van der Waals surface area contributed by atoms with Crippen molar-refractivity contribution in [3.05, 3.63) is 47.3 Å². The van der Waals surface area contributed by atoms with Crippen molar-refractivity contribution in [3.8, 4) is 0 Å². The van der Waals surface area contributed by atoms with Crippen LogP contribution in [0.15, 0.2) is 30.5 Å². The minimum Gasteiger partial charge on any atom is -0.385 e. The molecule has 0 fully saturated rings. The lowest BCUT2D eigenvalue weighted by Gasteiger charge is -2.18. The lowest BCUT2D eigenvalue weighted by molar-refractivity contribution is 0.527. The third kappa shape index (κ3) is 2.65. The molecule has 0 unspecified atom stereocenters. The molecule has 100 valence electrons. The molecule has 0 amide bonds. The first kappa shape index (κ1) is 12.3. The molecule has 1 aromatic carbocycles. The summed E-state index contributed by atoms with van der Waals surface area (Å²) in [5.41, 5.74) is 5.24. The largest absolute Gasteiger partial charge is 0.385 e. The Morgan fingerprint density at radius 2 is 2.21 bits per heavy atom. The van der Waals surface area contributed by atoms with Crippen LogP contribution in [0.2, 0.25) is 0 Å². The second-order valence-corrected chi connectivity index (χ2v) is 5.58. The van der Waals surface area contributed by atoms with Gasteiger partial charge in [-0.25, -0.2) is 0 Å². The molecule has 0 saturated heterocycles. The Morgan fingerprint density at radius 1 is 1.32 bits per heavy atom. The van der Waals surface area contributed by atoms with Gasteiger partial charge in [-0.05, 0) is 49.9 Å². The van der Waals surface area contributed by atoms with Crippen molar-refractivity contribution < 1.29 is 0 Å². The number of anilines is 1. The average molecular weight is 255 g/mol. The number of rotatable bonds is 3. The molecule has 0 spiro atoms. The van der Waals surface area contributed by atoms with E-state index in [0.29, 0.717) is 6.04 Å². The fourth-order valence-electron chi connectivity index (χ4n) is 2.59. The van der Waals surface area contributed by atoms with Gasteiger partial charge >= 0.3 is 0 Å². The van der Waals surface area contributed by atoms with Crippen LogP contribution in [0, 0.1) is 0 Å². The van der Waals surface area contributed by atoms with Crippen LogP contribution >= 0.6 is 0 Å². The van der Waals surface area contributed by atoms with Gasteiger partial charge in [0.25, 0.3) is 0 Å².